The topological polar surface area (TPSA) is 374 Å². The maximum atomic E-state index is 15.2. The molecule has 28 nitrogen and oxygen atoms in total. The predicted octanol–water partition coefficient (Wildman–Crippen LogP) is 0.0446. The fourth-order valence-electron chi connectivity index (χ4n) is 11.8. The van der Waals surface area contributed by atoms with E-state index in [1.54, 1.807) is 46.0 Å². The lowest BCUT2D eigenvalue weighted by Crippen LogP contribution is -2.60. The van der Waals surface area contributed by atoms with Crippen molar-refractivity contribution in [3.63, 3.8) is 0 Å². The van der Waals surface area contributed by atoms with E-state index in [9.17, 15) is 63.6 Å². The minimum Gasteiger partial charge on any atom is -0.462 e. The first kappa shape index (κ1) is 74.6. The van der Waals surface area contributed by atoms with Gasteiger partial charge in [0, 0.05) is 110 Å². The number of aromatic nitrogens is 1. The van der Waals surface area contributed by atoms with Gasteiger partial charge in [0.2, 0.25) is 41.7 Å². The Morgan fingerprint density at radius 2 is 1.43 bits per heavy atom. The van der Waals surface area contributed by atoms with Crippen LogP contribution in [0.15, 0.2) is 72.1 Å². The highest BCUT2D eigenvalue weighted by Gasteiger charge is 2.46. The molecule has 3 aromatic rings. The van der Waals surface area contributed by atoms with Gasteiger partial charge >= 0.3 is 5.97 Å². The summed E-state index contributed by atoms with van der Waals surface area (Å²) in [6.07, 6.45) is -4.75. The minimum atomic E-state index is -1.71. The number of rotatable bonds is 33. The molecule has 9 N–H and O–H groups in total. The molecule has 95 heavy (non-hydrogen) atoms. The maximum absolute atomic E-state index is 15.2. The lowest BCUT2D eigenvalue weighted by molar-refractivity contribution is -0.277. The fraction of sp³-hybridized carbons (Fsp3) is 0.591. The fourth-order valence-corrected chi connectivity index (χ4v) is 12.6. The number of piperazine rings is 1. The summed E-state index contributed by atoms with van der Waals surface area (Å²) in [7, 11) is 4.85. The van der Waals surface area contributed by atoms with Crippen molar-refractivity contribution < 1.29 is 82.6 Å². The average Bonchev–Trinajstić information content (AvgIpc) is 1.73. The number of nitrogens with one attached hydrogen (secondary N) is 3. The number of nitrogens with two attached hydrogens (primary N) is 1. The lowest BCUT2D eigenvalue weighted by Gasteiger charge is -2.39. The zero-order valence-electron chi connectivity index (χ0n) is 55.2. The van der Waals surface area contributed by atoms with Gasteiger partial charge in [0.25, 0.3) is 17.7 Å². The number of amides is 9. The van der Waals surface area contributed by atoms with Gasteiger partial charge in [0.1, 0.15) is 71.1 Å². The molecular formula is C66H93N11O17S. The third-order valence-corrected chi connectivity index (χ3v) is 18.9. The van der Waals surface area contributed by atoms with Crippen molar-refractivity contribution in [2.24, 2.45) is 17.6 Å². The van der Waals surface area contributed by atoms with Crippen molar-refractivity contribution in [3.05, 3.63) is 94.0 Å². The second kappa shape index (κ2) is 34.8. The Balaban J connectivity index is 1.13. The van der Waals surface area contributed by atoms with Crippen LogP contribution in [0.4, 0.5) is 0 Å². The smallest absolute Gasteiger partial charge is 0.303 e. The van der Waals surface area contributed by atoms with Crippen LogP contribution >= 0.6 is 11.3 Å². The highest BCUT2D eigenvalue weighted by atomic mass is 32.1. The maximum Gasteiger partial charge on any atom is 0.303 e. The molecule has 2 aromatic carbocycles. The number of hydrogen-bond donors (Lipinski definition) is 8. The van der Waals surface area contributed by atoms with E-state index >= 15 is 4.79 Å². The molecule has 0 bridgehead atoms. The number of thiazole rings is 1. The number of carbonyl (C=O) groups is 10. The molecule has 7 rings (SSSR count). The summed E-state index contributed by atoms with van der Waals surface area (Å²) in [5.41, 5.74) is 6.98. The van der Waals surface area contributed by atoms with Crippen molar-refractivity contribution in [3.8, 4) is 5.75 Å². The molecule has 6 unspecified atom stereocenters. The van der Waals surface area contributed by atoms with E-state index in [4.69, 9.17) is 24.9 Å². The summed E-state index contributed by atoms with van der Waals surface area (Å²) >= 11 is 1.03. The van der Waals surface area contributed by atoms with Crippen LogP contribution in [-0.4, -0.2) is 254 Å². The molecule has 14 atom stereocenters. The largest absolute Gasteiger partial charge is 0.462 e. The standard InChI is InChI=1S/C66H93N11O17S/c1-9-39(4)55(71-61(88)49-35-72(49)6)65(91)73(7)47(38(2)3)34-50(92-40(5)79)62-70-46(37-95-62)63(89)74(8)48(33-42-20-22-43(23-21-42)93-66-58(85)57(84)56(83)51(36-78)94-66)60(87)68-44(18-13-14-26-67)59(86)69-45(32-41-16-11-10-12-17-41)64(90)76-30-28-75(29-31-76)52(80)19-15-27-77-53(81)24-25-54(77)82/h10-12,16-17,20-25,37-39,44-45,47-51,55-58,66,78,83-85H,9,13-15,18-19,26-36,67H2,1-8H3,(H,68,87)(H,69,86)(H,71,88)/t39-,44+,45-,47+,48-,49+,50+,51?,55-,56?,57?,58?,66?,72?/m0/s1. The van der Waals surface area contributed by atoms with E-state index in [1.165, 1.54) is 43.6 Å². The number of nitrogens with zero attached hydrogens (tertiary/aromatic N) is 7. The molecule has 9 amide bonds. The molecule has 520 valence electrons. The van der Waals surface area contributed by atoms with Crippen LogP contribution in [0.5, 0.6) is 5.75 Å². The van der Waals surface area contributed by atoms with E-state index in [0.29, 0.717) is 31.4 Å². The summed E-state index contributed by atoms with van der Waals surface area (Å²) in [5.74, 6) is -5.26. The Bertz CT molecular complexity index is 3160. The normalized spacial score (nSPS) is 22.4. The third kappa shape index (κ3) is 19.9. The van der Waals surface area contributed by atoms with Gasteiger partial charge in [-0.05, 0) is 74.4 Å². The summed E-state index contributed by atoms with van der Waals surface area (Å²) in [5, 5.41) is 51.6. The Hall–Kier alpha value is -7.77. The number of aliphatic hydroxyl groups excluding tert-OH is 4. The summed E-state index contributed by atoms with van der Waals surface area (Å²) in [6, 6.07) is 9.55. The Morgan fingerprint density at radius 1 is 0.800 bits per heavy atom. The number of ether oxygens (including phenoxy) is 3. The van der Waals surface area contributed by atoms with Gasteiger partial charge in [-0.3, -0.25) is 57.7 Å². The van der Waals surface area contributed by atoms with Crippen molar-refractivity contribution in [1.82, 2.24) is 50.3 Å². The number of carbonyl (C=O) groups excluding carboxylic acids is 10. The van der Waals surface area contributed by atoms with Crippen molar-refractivity contribution in [2.75, 3.05) is 73.6 Å². The molecule has 0 spiro atoms. The van der Waals surface area contributed by atoms with E-state index < -0.39 is 115 Å². The minimum absolute atomic E-state index is 0.0574. The van der Waals surface area contributed by atoms with Crippen LogP contribution < -0.4 is 26.4 Å². The van der Waals surface area contributed by atoms with Crippen LogP contribution in [0.2, 0.25) is 0 Å². The number of esters is 1. The monoisotopic (exact) mass is 1340 g/mol. The molecule has 3 saturated heterocycles. The molecule has 4 aliphatic heterocycles. The number of unbranched alkanes of at least 4 members (excludes halogenated alkanes) is 1. The highest BCUT2D eigenvalue weighted by Crippen LogP contribution is 2.32. The Kier molecular flexibility index (Phi) is 27.3. The first-order chi connectivity index (χ1) is 45.2. The van der Waals surface area contributed by atoms with Crippen LogP contribution in [0.25, 0.3) is 0 Å². The second-order valence-corrected chi connectivity index (χ2v) is 26.0. The predicted molar refractivity (Wildman–Crippen MR) is 346 cm³/mol. The van der Waals surface area contributed by atoms with Gasteiger partial charge < -0.3 is 75.9 Å². The molecule has 1 aromatic heterocycles. The Morgan fingerprint density at radius 3 is 2.03 bits per heavy atom. The summed E-state index contributed by atoms with van der Waals surface area (Å²) in [6.45, 7) is 9.77. The number of likely N-dealkylation sites (N-methyl/N-ethyl adjacent to an activating group) is 3. The molecule has 0 aliphatic carbocycles. The molecule has 5 heterocycles. The number of hydrogen-bond acceptors (Lipinski definition) is 21. The molecule has 3 fully saturated rings. The van der Waals surface area contributed by atoms with Crippen LogP contribution in [0.1, 0.15) is 112 Å². The average molecular weight is 1340 g/mol. The van der Waals surface area contributed by atoms with Crippen molar-refractivity contribution >= 4 is 70.5 Å². The van der Waals surface area contributed by atoms with Crippen LogP contribution in [0.3, 0.4) is 0 Å². The number of aliphatic hydroxyl groups is 4. The number of benzene rings is 2. The molecule has 4 aliphatic rings. The van der Waals surface area contributed by atoms with Gasteiger partial charge in [-0.25, -0.2) is 4.98 Å². The van der Waals surface area contributed by atoms with Gasteiger partial charge in [0.05, 0.1) is 6.61 Å². The second-order valence-electron chi connectivity index (χ2n) is 25.2. The van der Waals surface area contributed by atoms with Gasteiger partial charge in [-0.1, -0.05) is 76.6 Å². The summed E-state index contributed by atoms with van der Waals surface area (Å²) in [4.78, 5) is 151. The zero-order valence-corrected chi connectivity index (χ0v) is 56.1. The molecule has 29 heteroatoms. The number of imide groups is 1. The van der Waals surface area contributed by atoms with E-state index in [-0.39, 0.29) is 130 Å². The zero-order chi connectivity index (χ0) is 69.4. The third-order valence-electron chi connectivity index (χ3n) is 18.0. The van der Waals surface area contributed by atoms with E-state index in [0.717, 1.165) is 26.7 Å². The first-order valence-electron chi connectivity index (χ1n) is 32.4. The van der Waals surface area contributed by atoms with E-state index in [1.807, 2.05) is 57.8 Å². The highest BCUT2D eigenvalue weighted by molar-refractivity contribution is 7.09. The lowest BCUT2D eigenvalue weighted by atomic mass is 9.93. The van der Waals surface area contributed by atoms with Gasteiger partial charge in [-0.15, -0.1) is 11.3 Å². The molecule has 0 saturated carbocycles. The first-order valence-corrected chi connectivity index (χ1v) is 33.3. The van der Waals surface area contributed by atoms with Crippen LogP contribution in [0, 0.1) is 11.8 Å². The SMILES string of the molecule is CC[C@H](C)[C@H](NC(=O)[C@H]1CN1C)C(=O)N(C)[C@H](C[C@@H](OC(C)=O)c1nc(C(=O)N(C)[C@@H](Cc2ccc(OC3OC(CO)C(O)C(O)C3O)cc2)C(=O)N[C@H](CCCCN)C(=O)N[C@@H](Cc2ccccc2)C(=O)N2CCN(C(=O)CCCN3C(=O)C=CC3=O)CC2)cs1)C(C)C. The van der Waals surface area contributed by atoms with E-state index in [2.05, 4.69) is 16.0 Å². The van der Waals surface area contributed by atoms with Crippen molar-refractivity contribution in [2.45, 2.75) is 165 Å². The van der Waals surface area contributed by atoms with Gasteiger partial charge in [-0.2, -0.15) is 0 Å². The van der Waals surface area contributed by atoms with Gasteiger partial charge in [0.15, 0.2) is 6.10 Å². The molecule has 0 radical (unpaired) electrons. The quantitative estimate of drug-likeness (QED) is 0.0173. The molecular weight excluding hydrogens is 1250 g/mol. The Labute approximate surface area is 557 Å². The van der Waals surface area contributed by atoms with Crippen molar-refractivity contribution in [1.29, 1.82) is 0 Å². The van der Waals surface area contributed by atoms with Crippen LogP contribution in [-0.2, 0) is 65.5 Å². The summed E-state index contributed by atoms with van der Waals surface area (Å²) < 4.78 is 17.3.